The maximum Gasteiger partial charge on any atom is 0.325 e. The summed E-state index contributed by atoms with van der Waals surface area (Å²) >= 11 is 0. The molecule has 0 unspecified atom stereocenters. The molecule has 0 rings (SSSR count). The third-order valence-electron chi connectivity index (χ3n) is 2.03. The van der Waals surface area contributed by atoms with Gasteiger partial charge in [-0.05, 0) is 27.2 Å². The molecule has 0 aromatic heterocycles. The molecule has 0 aliphatic rings. The molecule has 0 spiro atoms. The van der Waals surface area contributed by atoms with Gasteiger partial charge in [-0.1, -0.05) is 13.3 Å². The van der Waals surface area contributed by atoms with Crippen molar-refractivity contribution in [3.63, 3.8) is 0 Å². The van der Waals surface area contributed by atoms with Crippen molar-refractivity contribution in [1.29, 1.82) is 0 Å². The fourth-order valence-corrected chi connectivity index (χ4v) is 1.40. The summed E-state index contributed by atoms with van der Waals surface area (Å²) in [6.45, 7) is 7.90. The maximum atomic E-state index is 11.4. The molecule has 0 bridgehead atoms. The Hall–Kier alpha value is -1.26. The molecule has 5 nitrogen and oxygen atoms in total. The van der Waals surface area contributed by atoms with Crippen LogP contribution < -0.4 is 10.6 Å². The van der Waals surface area contributed by atoms with Gasteiger partial charge in [-0.25, -0.2) is 4.79 Å². The van der Waals surface area contributed by atoms with Crippen LogP contribution in [0, 0.1) is 0 Å². The van der Waals surface area contributed by atoms with E-state index in [1.54, 1.807) is 6.92 Å². The van der Waals surface area contributed by atoms with Crippen LogP contribution in [0.15, 0.2) is 0 Å². The van der Waals surface area contributed by atoms with Gasteiger partial charge in [0.25, 0.3) is 0 Å². The van der Waals surface area contributed by atoms with Gasteiger partial charge in [0.2, 0.25) is 0 Å². The number of esters is 1. The van der Waals surface area contributed by atoms with Gasteiger partial charge in [-0.3, -0.25) is 4.79 Å². The standard InChI is InChI=1S/C11H22N2O3/c1-5-7-11(3,4)13-10(15)12-8-9(14)16-6-2/h5-8H2,1-4H3,(H2,12,13,15). The highest BCUT2D eigenvalue weighted by Crippen LogP contribution is 2.09. The van der Waals surface area contributed by atoms with Gasteiger partial charge in [0.05, 0.1) is 6.61 Å². The molecular weight excluding hydrogens is 208 g/mol. The Morgan fingerprint density at radius 1 is 1.25 bits per heavy atom. The first-order chi connectivity index (χ1) is 7.41. The van der Waals surface area contributed by atoms with Crippen LogP contribution in [0.2, 0.25) is 0 Å². The molecule has 5 heteroatoms. The predicted octanol–water partition coefficient (Wildman–Crippen LogP) is 1.43. The van der Waals surface area contributed by atoms with Gasteiger partial charge < -0.3 is 15.4 Å². The van der Waals surface area contributed by atoms with Crippen LogP contribution in [0.3, 0.4) is 0 Å². The second-order valence-electron chi connectivity index (χ2n) is 4.25. The summed E-state index contributed by atoms with van der Waals surface area (Å²) in [5.41, 5.74) is -0.256. The van der Waals surface area contributed by atoms with E-state index in [9.17, 15) is 9.59 Å². The number of nitrogens with one attached hydrogen (secondary N) is 2. The van der Waals surface area contributed by atoms with Gasteiger partial charge in [0.15, 0.2) is 0 Å². The van der Waals surface area contributed by atoms with Crippen LogP contribution in [-0.2, 0) is 9.53 Å². The Morgan fingerprint density at radius 3 is 2.38 bits per heavy atom. The van der Waals surface area contributed by atoms with Gasteiger partial charge in [0.1, 0.15) is 6.54 Å². The second-order valence-corrected chi connectivity index (χ2v) is 4.25. The van der Waals surface area contributed by atoms with Crippen molar-refractivity contribution in [2.24, 2.45) is 0 Å². The van der Waals surface area contributed by atoms with Crippen molar-refractivity contribution in [2.45, 2.75) is 46.1 Å². The Bertz CT molecular complexity index is 239. The quantitative estimate of drug-likeness (QED) is 0.678. The first-order valence-corrected chi connectivity index (χ1v) is 5.63. The minimum atomic E-state index is -0.425. The summed E-state index contributed by atoms with van der Waals surface area (Å²) in [5, 5.41) is 5.25. The predicted molar refractivity (Wildman–Crippen MR) is 62.2 cm³/mol. The first-order valence-electron chi connectivity index (χ1n) is 5.63. The van der Waals surface area contributed by atoms with Crippen LogP contribution in [0.25, 0.3) is 0 Å². The largest absolute Gasteiger partial charge is 0.465 e. The van der Waals surface area contributed by atoms with Crippen LogP contribution in [0.4, 0.5) is 4.79 Å². The van der Waals surface area contributed by atoms with Crippen LogP contribution in [-0.4, -0.2) is 30.7 Å². The van der Waals surface area contributed by atoms with Crippen LogP contribution >= 0.6 is 0 Å². The van der Waals surface area contributed by atoms with E-state index >= 15 is 0 Å². The zero-order valence-electron chi connectivity index (χ0n) is 10.6. The lowest BCUT2D eigenvalue weighted by atomic mass is 9.99. The van der Waals surface area contributed by atoms with E-state index in [4.69, 9.17) is 0 Å². The third kappa shape index (κ3) is 7.09. The van der Waals surface area contributed by atoms with Crippen molar-refractivity contribution < 1.29 is 14.3 Å². The van der Waals surface area contributed by atoms with E-state index in [-0.39, 0.29) is 18.1 Å². The van der Waals surface area contributed by atoms with Gasteiger partial charge >= 0.3 is 12.0 Å². The average molecular weight is 230 g/mol. The summed E-state index contributed by atoms with van der Waals surface area (Å²) < 4.78 is 4.69. The molecular formula is C11H22N2O3. The molecule has 0 aliphatic carbocycles. The Balaban J connectivity index is 3.86. The van der Waals surface area contributed by atoms with E-state index in [0.717, 1.165) is 12.8 Å². The lowest BCUT2D eigenvalue weighted by molar-refractivity contribution is -0.141. The fraction of sp³-hybridized carbons (Fsp3) is 0.818. The SMILES string of the molecule is CCCC(C)(C)NC(=O)NCC(=O)OCC. The molecule has 2 amide bonds. The van der Waals surface area contributed by atoms with E-state index in [0.29, 0.717) is 6.61 Å². The van der Waals surface area contributed by atoms with Crippen LogP contribution in [0.1, 0.15) is 40.5 Å². The molecule has 0 aliphatic heterocycles. The van der Waals surface area contributed by atoms with E-state index in [2.05, 4.69) is 22.3 Å². The monoisotopic (exact) mass is 230 g/mol. The Labute approximate surface area is 96.9 Å². The van der Waals surface area contributed by atoms with Crippen molar-refractivity contribution in [3.05, 3.63) is 0 Å². The Morgan fingerprint density at radius 2 is 1.88 bits per heavy atom. The summed E-state index contributed by atoms with van der Waals surface area (Å²) in [4.78, 5) is 22.4. The summed E-state index contributed by atoms with van der Waals surface area (Å²) in [6, 6.07) is -0.341. The number of rotatable bonds is 6. The third-order valence-corrected chi connectivity index (χ3v) is 2.03. The molecule has 0 fully saturated rings. The lowest BCUT2D eigenvalue weighted by Crippen LogP contribution is -2.49. The highest BCUT2D eigenvalue weighted by molar-refractivity contribution is 5.81. The van der Waals surface area contributed by atoms with Gasteiger partial charge in [-0.2, -0.15) is 0 Å². The number of urea groups is 1. The summed E-state index contributed by atoms with van der Waals surface area (Å²) in [7, 11) is 0. The lowest BCUT2D eigenvalue weighted by Gasteiger charge is -2.25. The van der Waals surface area contributed by atoms with E-state index in [1.807, 2.05) is 13.8 Å². The molecule has 0 aromatic carbocycles. The zero-order valence-corrected chi connectivity index (χ0v) is 10.6. The molecule has 0 saturated carbocycles. The van der Waals surface area contributed by atoms with E-state index < -0.39 is 5.97 Å². The molecule has 16 heavy (non-hydrogen) atoms. The average Bonchev–Trinajstić information content (AvgIpc) is 2.14. The molecule has 0 aromatic rings. The summed E-state index contributed by atoms with van der Waals surface area (Å²) in [5.74, 6) is -0.425. The zero-order chi connectivity index (χ0) is 12.6. The molecule has 0 atom stereocenters. The Kier molecular flexibility index (Phi) is 6.53. The first kappa shape index (κ1) is 14.7. The van der Waals surface area contributed by atoms with Crippen molar-refractivity contribution in [2.75, 3.05) is 13.2 Å². The van der Waals surface area contributed by atoms with Gasteiger partial charge in [0, 0.05) is 5.54 Å². The fourth-order valence-electron chi connectivity index (χ4n) is 1.40. The minimum Gasteiger partial charge on any atom is -0.465 e. The normalized spacial score (nSPS) is 10.8. The number of hydrogen-bond donors (Lipinski definition) is 2. The number of ether oxygens (including phenoxy) is 1. The highest BCUT2D eigenvalue weighted by atomic mass is 16.5. The highest BCUT2D eigenvalue weighted by Gasteiger charge is 2.19. The maximum absolute atomic E-state index is 11.4. The number of carbonyl (C=O) groups is 2. The number of amides is 2. The van der Waals surface area contributed by atoms with E-state index in [1.165, 1.54) is 0 Å². The van der Waals surface area contributed by atoms with Crippen LogP contribution in [0.5, 0.6) is 0 Å². The molecule has 0 saturated heterocycles. The van der Waals surface area contributed by atoms with Crippen molar-refractivity contribution in [1.82, 2.24) is 10.6 Å². The number of carbonyl (C=O) groups excluding carboxylic acids is 2. The minimum absolute atomic E-state index is 0.0954. The molecule has 2 N–H and O–H groups in total. The topological polar surface area (TPSA) is 67.4 Å². The van der Waals surface area contributed by atoms with Crippen molar-refractivity contribution >= 4 is 12.0 Å². The molecule has 0 heterocycles. The second kappa shape index (κ2) is 7.09. The van der Waals surface area contributed by atoms with Crippen molar-refractivity contribution in [3.8, 4) is 0 Å². The smallest absolute Gasteiger partial charge is 0.325 e. The molecule has 0 radical (unpaired) electrons. The number of hydrogen-bond acceptors (Lipinski definition) is 3. The summed E-state index contributed by atoms with van der Waals surface area (Å²) in [6.07, 6.45) is 1.88. The molecule has 94 valence electrons. The van der Waals surface area contributed by atoms with Gasteiger partial charge in [-0.15, -0.1) is 0 Å².